The predicted octanol–water partition coefficient (Wildman–Crippen LogP) is 1.71. The van der Waals surface area contributed by atoms with E-state index in [1.165, 1.54) is 0 Å². The second kappa shape index (κ2) is 7.57. The summed E-state index contributed by atoms with van der Waals surface area (Å²) in [5, 5.41) is 21.1. The number of hydrogen-bond acceptors (Lipinski definition) is 6. The third-order valence-electron chi connectivity index (χ3n) is 3.86. The Morgan fingerprint density at radius 1 is 1.31 bits per heavy atom. The molecule has 1 aliphatic rings. The molecule has 2 N–H and O–H groups in total. The number of carboxylic acid groups (broad SMARTS) is 1. The molecule has 1 atom stereocenters. The molecule has 8 nitrogen and oxygen atoms in total. The number of fused-ring (bicyclic) bond motifs is 1. The minimum absolute atomic E-state index is 0.0587. The topological polar surface area (TPSA) is 112 Å². The lowest BCUT2D eigenvalue weighted by Crippen LogP contribution is -2.22. The van der Waals surface area contributed by atoms with Crippen LogP contribution in [0.1, 0.15) is 37.8 Å². The van der Waals surface area contributed by atoms with Gasteiger partial charge in [0.25, 0.3) is 5.95 Å². The lowest BCUT2D eigenvalue weighted by atomic mass is 10.1. The van der Waals surface area contributed by atoms with Gasteiger partial charge in [0, 0.05) is 23.1 Å². The first-order valence-electron chi connectivity index (χ1n) is 8.09. The van der Waals surface area contributed by atoms with E-state index >= 15 is 0 Å². The number of benzene rings is 1. The van der Waals surface area contributed by atoms with Crippen molar-refractivity contribution in [3.8, 4) is 0 Å². The fourth-order valence-electron chi connectivity index (χ4n) is 2.66. The molecule has 3 rings (SSSR count). The van der Waals surface area contributed by atoms with Gasteiger partial charge in [-0.1, -0.05) is 23.7 Å². The average Bonchev–Trinajstić information content (AvgIpc) is 2.96. The number of hydrogen-bond donors (Lipinski definition) is 2. The fraction of sp³-hybridized carbons (Fsp3) is 0.294. The van der Waals surface area contributed by atoms with Crippen molar-refractivity contribution in [3.05, 3.63) is 46.6 Å². The van der Waals surface area contributed by atoms with Gasteiger partial charge in [0.15, 0.2) is 0 Å². The second-order valence-electron chi connectivity index (χ2n) is 5.95. The Labute approximate surface area is 154 Å². The van der Waals surface area contributed by atoms with Gasteiger partial charge in [-0.05, 0) is 43.5 Å². The van der Waals surface area contributed by atoms with E-state index in [4.69, 9.17) is 11.6 Å². The Kier molecular flexibility index (Phi) is 5.22. The Morgan fingerprint density at radius 2 is 2.04 bits per heavy atom. The smallest absolute Gasteiger partial charge is 0.250 e. The standard InChI is InChI=1S/C17H18ClN5O3/c1-10-9-13(11-5-7-12(18)8-6-11)23-17(19-10)21-16(22-23)20-14(24)3-2-4-15(25)26/h5-9,13H,2-4H2,1H3,(H,25,26)(H2,19,20,21,22,24)/p-1/t13-/m0/s1. The van der Waals surface area contributed by atoms with Crippen molar-refractivity contribution in [3.63, 3.8) is 0 Å². The van der Waals surface area contributed by atoms with Crippen LogP contribution in [0.15, 0.2) is 36.0 Å². The highest BCUT2D eigenvalue weighted by Gasteiger charge is 2.23. The lowest BCUT2D eigenvalue weighted by Gasteiger charge is -2.22. The van der Waals surface area contributed by atoms with Crippen molar-refractivity contribution in [2.24, 2.45) is 0 Å². The molecule has 2 heterocycles. The number of amides is 1. The molecule has 0 aliphatic carbocycles. The van der Waals surface area contributed by atoms with E-state index < -0.39 is 5.97 Å². The van der Waals surface area contributed by atoms with Gasteiger partial charge in [-0.25, -0.2) is 4.68 Å². The number of rotatable bonds is 6. The molecule has 26 heavy (non-hydrogen) atoms. The highest BCUT2D eigenvalue weighted by Crippen LogP contribution is 2.30. The van der Waals surface area contributed by atoms with Crippen molar-refractivity contribution in [2.75, 3.05) is 10.6 Å². The summed E-state index contributed by atoms with van der Waals surface area (Å²) in [5.41, 5.74) is 1.89. The number of carboxylic acids is 1. The number of nitrogens with one attached hydrogen (secondary N) is 2. The molecular formula is C17H17ClN5O3-. The summed E-state index contributed by atoms with van der Waals surface area (Å²) in [6, 6.07) is 7.24. The van der Waals surface area contributed by atoms with E-state index in [1.807, 2.05) is 25.1 Å². The molecule has 136 valence electrons. The van der Waals surface area contributed by atoms with Crippen LogP contribution in [0.25, 0.3) is 0 Å². The van der Waals surface area contributed by atoms with Crippen molar-refractivity contribution in [1.82, 2.24) is 14.8 Å². The largest absolute Gasteiger partial charge is 0.550 e. The average molecular weight is 375 g/mol. The Balaban J connectivity index is 1.76. The van der Waals surface area contributed by atoms with E-state index in [2.05, 4.69) is 20.7 Å². The van der Waals surface area contributed by atoms with Crippen LogP contribution in [0.2, 0.25) is 5.02 Å². The second-order valence-corrected chi connectivity index (χ2v) is 6.38. The van der Waals surface area contributed by atoms with Gasteiger partial charge >= 0.3 is 0 Å². The van der Waals surface area contributed by atoms with Gasteiger partial charge in [0.2, 0.25) is 11.9 Å². The third-order valence-corrected chi connectivity index (χ3v) is 4.11. The molecule has 0 saturated heterocycles. The maximum atomic E-state index is 11.9. The molecule has 0 radical (unpaired) electrons. The van der Waals surface area contributed by atoms with E-state index in [9.17, 15) is 14.7 Å². The van der Waals surface area contributed by atoms with Crippen LogP contribution in [-0.2, 0) is 9.59 Å². The van der Waals surface area contributed by atoms with Crippen LogP contribution in [0.4, 0.5) is 11.9 Å². The van der Waals surface area contributed by atoms with Crippen LogP contribution < -0.4 is 15.7 Å². The Bertz CT molecular complexity index is 860. The maximum Gasteiger partial charge on any atom is 0.250 e. The first kappa shape index (κ1) is 17.9. The monoisotopic (exact) mass is 374 g/mol. The molecule has 1 aromatic carbocycles. The first-order valence-corrected chi connectivity index (χ1v) is 8.47. The van der Waals surface area contributed by atoms with Crippen LogP contribution >= 0.6 is 11.6 Å². The zero-order valence-corrected chi connectivity index (χ0v) is 14.8. The molecule has 0 saturated carbocycles. The summed E-state index contributed by atoms with van der Waals surface area (Å²) in [4.78, 5) is 26.6. The van der Waals surface area contributed by atoms with Gasteiger partial charge in [-0.3, -0.25) is 10.1 Å². The first-order chi connectivity index (χ1) is 12.4. The minimum atomic E-state index is -1.18. The molecule has 0 fully saturated rings. The summed E-state index contributed by atoms with van der Waals surface area (Å²) in [6.45, 7) is 1.92. The quantitative estimate of drug-likeness (QED) is 0.796. The SMILES string of the molecule is CC1=C[C@@H](c2ccc(Cl)cc2)n2nc(NC(=O)CCCC(=O)[O-])nc2N1. The van der Waals surface area contributed by atoms with Gasteiger partial charge < -0.3 is 15.2 Å². The van der Waals surface area contributed by atoms with Crippen molar-refractivity contribution in [1.29, 1.82) is 0 Å². The highest BCUT2D eigenvalue weighted by molar-refractivity contribution is 6.30. The number of nitrogens with zero attached hydrogens (tertiary/aromatic N) is 3. The number of aromatic nitrogens is 3. The summed E-state index contributed by atoms with van der Waals surface area (Å²) >= 11 is 5.95. The summed E-state index contributed by atoms with van der Waals surface area (Å²) < 4.78 is 1.67. The highest BCUT2D eigenvalue weighted by atomic mass is 35.5. The Morgan fingerprint density at radius 3 is 2.73 bits per heavy atom. The van der Waals surface area contributed by atoms with Crippen molar-refractivity contribution < 1.29 is 14.7 Å². The molecule has 0 bridgehead atoms. The number of allylic oxidation sites excluding steroid dienone is 2. The minimum Gasteiger partial charge on any atom is -0.550 e. The molecule has 0 spiro atoms. The van der Waals surface area contributed by atoms with E-state index in [1.54, 1.807) is 16.8 Å². The van der Waals surface area contributed by atoms with Crippen LogP contribution in [0.3, 0.4) is 0 Å². The van der Waals surface area contributed by atoms with Crippen molar-refractivity contribution in [2.45, 2.75) is 32.2 Å². The summed E-state index contributed by atoms with van der Waals surface area (Å²) in [7, 11) is 0. The number of aliphatic carboxylic acids is 1. The maximum absolute atomic E-state index is 11.9. The molecule has 9 heteroatoms. The van der Waals surface area contributed by atoms with Crippen LogP contribution in [0, 0.1) is 0 Å². The van der Waals surface area contributed by atoms with Crippen LogP contribution in [0.5, 0.6) is 0 Å². The molecule has 1 aliphatic heterocycles. The number of anilines is 2. The van der Waals surface area contributed by atoms with E-state index in [-0.39, 0.29) is 37.2 Å². The lowest BCUT2D eigenvalue weighted by molar-refractivity contribution is -0.305. The van der Waals surface area contributed by atoms with Gasteiger partial charge in [-0.2, -0.15) is 4.98 Å². The molecule has 2 aromatic rings. The fourth-order valence-corrected chi connectivity index (χ4v) is 2.78. The number of carbonyl (C=O) groups is 2. The predicted molar refractivity (Wildman–Crippen MR) is 94.5 cm³/mol. The van der Waals surface area contributed by atoms with Gasteiger partial charge in [-0.15, -0.1) is 5.10 Å². The number of halogens is 1. The van der Waals surface area contributed by atoms with E-state index in [0.29, 0.717) is 11.0 Å². The third kappa shape index (κ3) is 4.20. The molecular weight excluding hydrogens is 358 g/mol. The molecule has 1 amide bonds. The Hall–Kier alpha value is -2.87. The van der Waals surface area contributed by atoms with Crippen molar-refractivity contribution >= 4 is 35.4 Å². The van der Waals surface area contributed by atoms with Crippen LogP contribution in [-0.4, -0.2) is 26.6 Å². The van der Waals surface area contributed by atoms with Gasteiger partial charge in [0.1, 0.15) is 6.04 Å². The molecule has 0 unspecified atom stereocenters. The molecule has 1 aromatic heterocycles. The number of carbonyl (C=O) groups excluding carboxylic acids is 2. The van der Waals surface area contributed by atoms with E-state index in [0.717, 1.165) is 11.3 Å². The van der Waals surface area contributed by atoms with Gasteiger partial charge in [0.05, 0.1) is 0 Å². The zero-order chi connectivity index (χ0) is 18.7. The normalized spacial score (nSPS) is 15.6. The summed E-state index contributed by atoms with van der Waals surface area (Å²) in [5.74, 6) is -0.852. The zero-order valence-electron chi connectivity index (χ0n) is 14.0. The summed E-state index contributed by atoms with van der Waals surface area (Å²) in [6.07, 6.45) is 2.09.